The number of nitrogens with zero attached hydrogens (tertiary/aromatic N) is 1. The maximum Gasteiger partial charge on any atom is 0.124 e. The van der Waals surface area contributed by atoms with Gasteiger partial charge in [-0.2, -0.15) is 0 Å². The summed E-state index contributed by atoms with van der Waals surface area (Å²) in [5, 5.41) is 0. The number of allylic oxidation sites excluding steroid dienone is 1. The fourth-order valence-corrected chi connectivity index (χ4v) is 2.28. The van der Waals surface area contributed by atoms with E-state index in [9.17, 15) is 4.79 Å². The summed E-state index contributed by atoms with van der Waals surface area (Å²) in [6.07, 6.45) is 5.08. The lowest BCUT2D eigenvalue weighted by molar-refractivity contribution is -0.107. The van der Waals surface area contributed by atoms with Gasteiger partial charge in [0, 0.05) is 12.5 Å². The fraction of sp³-hybridized carbons (Fsp3) is 0.769. The van der Waals surface area contributed by atoms with Gasteiger partial charge in [-0.15, -0.1) is 0 Å². The Morgan fingerprint density at radius 3 is 2.53 bits per heavy atom. The molecule has 1 fully saturated rings. The first-order chi connectivity index (χ1) is 7.13. The van der Waals surface area contributed by atoms with Gasteiger partial charge in [-0.3, -0.25) is 0 Å². The Morgan fingerprint density at radius 2 is 2.07 bits per heavy atom. The first-order valence-electron chi connectivity index (χ1n) is 5.97. The van der Waals surface area contributed by atoms with E-state index in [1.807, 2.05) is 0 Å². The van der Waals surface area contributed by atoms with Crippen LogP contribution in [-0.4, -0.2) is 30.3 Å². The molecule has 1 rings (SSSR count). The van der Waals surface area contributed by atoms with Gasteiger partial charge in [-0.05, 0) is 52.1 Å². The second-order valence-electron chi connectivity index (χ2n) is 4.90. The molecule has 1 aliphatic heterocycles. The molecule has 0 atom stereocenters. The highest BCUT2D eigenvalue weighted by atomic mass is 16.1. The van der Waals surface area contributed by atoms with Crippen LogP contribution >= 0.6 is 0 Å². The minimum Gasteiger partial charge on any atom is -0.303 e. The summed E-state index contributed by atoms with van der Waals surface area (Å²) in [5.41, 5.74) is 1.10. The van der Waals surface area contributed by atoms with Crippen molar-refractivity contribution in [3.8, 4) is 0 Å². The average molecular weight is 209 g/mol. The Hall–Kier alpha value is -0.630. The Balaban J connectivity index is 2.25. The number of carbonyl (C=O) groups is 1. The third kappa shape index (κ3) is 4.17. The lowest BCUT2D eigenvalue weighted by Gasteiger charge is -2.34. The predicted octanol–water partition coefficient (Wildman–Crippen LogP) is 2.64. The Labute approximate surface area is 93.3 Å². The van der Waals surface area contributed by atoms with E-state index in [0.29, 0.717) is 12.5 Å². The largest absolute Gasteiger partial charge is 0.303 e. The van der Waals surface area contributed by atoms with E-state index in [1.54, 1.807) is 0 Å². The highest BCUT2D eigenvalue weighted by Crippen LogP contribution is 2.25. The molecular formula is C13H23NO. The normalized spacial score (nSPS) is 19.4. The third-order valence-electron chi connectivity index (χ3n) is 3.33. The second kappa shape index (κ2) is 6.06. The molecule has 1 aliphatic rings. The standard InChI is InChI=1S/C13H23NO/c1-11(2)14-7-4-13(5-8-14)10-12(3)6-9-15/h9,11,13H,3-8,10H2,1-2H3. The van der Waals surface area contributed by atoms with Crippen LogP contribution < -0.4 is 0 Å². The lowest BCUT2D eigenvalue weighted by Crippen LogP contribution is -2.38. The molecule has 86 valence electrons. The van der Waals surface area contributed by atoms with Gasteiger partial charge < -0.3 is 9.69 Å². The van der Waals surface area contributed by atoms with Gasteiger partial charge in [-0.25, -0.2) is 0 Å². The van der Waals surface area contributed by atoms with E-state index in [4.69, 9.17) is 0 Å². The fourth-order valence-electron chi connectivity index (χ4n) is 2.28. The first-order valence-corrected chi connectivity index (χ1v) is 5.97. The van der Waals surface area contributed by atoms with Gasteiger partial charge in [0.2, 0.25) is 0 Å². The van der Waals surface area contributed by atoms with E-state index in [0.717, 1.165) is 24.2 Å². The Bertz CT molecular complexity index is 215. The van der Waals surface area contributed by atoms with Gasteiger partial charge in [0.05, 0.1) is 0 Å². The van der Waals surface area contributed by atoms with Crippen molar-refractivity contribution in [1.82, 2.24) is 4.90 Å². The van der Waals surface area contributed by atoms with Gasteiger partial charge in [0.25, 0.3) is 0 Å². The number of likely N-dealkylation sites (tertiary alicyclic amines) is 1. The molecule has 0 aromatic heterocycles. The molecular weight excluding hydrogens is 186 g/mol. The minimum absolute atomic E-state index is 0.546. The van der Waals surface area contributed by atoms with Crippen LogP contribution in [0.25, 0.3) is 0 Å². The van der Waals surface area contributed by atoms with Gasteiger partial charge in [-0.1, -0.05) is 12.2 Å². The summed E-state index contributed by atoms with van der Waals surface area (Å²) in [6.45, 7) is 10.9. The number of hydrogen-bond acceptors (Lipinski definition) is 2. The number of piperidine rings is 1. The zero-order valence-electron chi connectivity index (χ0n) is 10.0. The van der Waals surface area contributed by atoms with Gasteiger partial charge in [0.1, 0.15) is 6.29 Å². The molecule has 0 amide bonds. The molecule has 0 unspecified atom stereocenters. The maximum atomic E-state index is 10.3. The summed E-state index contributed by atoms with van der Waals surface area (Å²) in [5.74, 6) is 0.757. The quantitative estimate of drug-likeness (QED) is 0.512. The second-order valence-corrected chi connectivity index (χ2v) is 4.90. The summed E-state index contributed by atoms with van der Waals surface area (Å²) in [6, 6.07) is 0.670. The van der Waals surface area contributed by atoms with E-state index in [2.05, 4.69) is 25.3 Å². The van der Waals surface area contributed by atoms with E-state index in [-0.39, 0.29) is 0 Å². The van der Waals surface area contributed by atoms with Gasteiger partial charge in [0.15, 0.2) is 0 Å². The molecule has 0 saturated carbocycles. The summed E-state index contributed by atoms with van der Waals surface area (Å²) >= 11 is 0. The van der Waals surface area contributed by atoms with Crippen molar-refractivity contribution in [3.05, 3.63) is 12.2 Å². The first kappa shape index (κ1) is 12.4. The third-order valence-corrected chi connectivity index (χ3v) is 3.33. The molecule has 0 bridgehead atoms. The molecule has 0 aromatic carbocycles. The van der Waals surface area contributed by atoms with Crippen molar-refractivity contribution < 1.29 is 4.79 Å². The van der Waals surface area contributed by atoms with Crippen molar-refractivity contribution in [1.29, 1.82) is 0 Å². The number of rotatable bonds is 5. The zero-order valence-corrected chi connectivity index (χ0v) is 10.0. The van der Waals surface area contributed by atoms with Crippen LogP contribution in [0.1, 0.15) is 39.5 Å². The van der Waals surface area contributed by atoms with Crippen LogP contribution in [0.3, 0.4) is 0 Å². The maximum absolute atomic E-state index is 10.3. The van der Waals surface area contributed by atoms with Gasteiger partial charge >= 0.3 is 0 Å². The summed E-state index contributed by atoms with van der Waals surface area (Å²) in [4.78, 5) is 12.9. The van der Waals surface area contributed by atoms with Crippen molar-refractivity contribution in [3.63, 3.8) is 0 Å². The number of hydrogen-bond donors (Lipinski definition) is 0. The number of carbonyl (C=O) groups excluding carboxylic acids is 1. The highest BCUT2D eigenvalue weighted by molar-refractivity contribution is 5.53. The van der Waals surface area contributed by atoms with Crippen molar-refractivity contribution in [2.45, 2.75) is 45.6 Å². The van der Waals surface area contributed by atoms with E-state index in [1.165, 1.54) is 25.9 Å². The SMILES string of the molecule is C=C(CC=O)CC1CCN(C(C)C)CC1. The molecule has 0 radical (unpaired) electrons. The van der Waals surface area contributed by atoms with Crippen molar-refractivity contribution >= 4 is 6.29 Å². The minimum atomic E-state index is 0.546. The molecule has 2 heteroatoms. The molecule has 15 heavy (non-hydrogen) atoms. The van der Waals surface area contributed by atoms with Crippen LogP contribution in [0.5, 0.6) is 0 Å². The summed E-state index contributed by atoms with van der Waals surface area (Å²) in [7, 11) is 0. The average Bonchev–Trinajstić information content (AvgIpc) is 2.18. The predicted molar refractivity (Wildman–Crippen MR) is 63.9 cm³/mol. The van der Waals surface area contributed by atoms with E-state index >= 15 is 0 Å². The number of aldehydes is 1. The monoisotopic (exact) mass is 209 g/mol. The van der Waals surface area contributed by atoms with Crippen LogP contribution in [0.15, 0.2) is 12.2 Å². The van der Waals surface area contributed by atoms with Crippen LogP contribution in [0.2, 0.25) is 0 Å². The molecule has 0 aromatic rings. The zero-order chi connectivity index (χ0) is 11.3. The molecule has 0 aliphatic carbocycles. The smallest absolute Gasteiger partial charge is 0.124 e. The molecule has 2 nitrogen and oxygen atoms in total. The molecule has 0 spiro atoms. The lowest BCUT2D eigenvalue weighted by atomic mass is 9.89. The molecule has 0 N–H and O–H groups in total. The van der Waals surface area contributed by atoms with Crippen LogP contribution in [-0.2, 0) is 4.79 Å². The Kier molecular flexibility index (Phi) is 5.03. The summed E-state index contributed by atoms with van der Waals surface area (Å²) < 4.78 is 0. The topological polar surface area (TPSA) is 20.3 Å². The van der Waals surface area contributed by atoms with Crippen molar-refractivity contribution in [2.75, 3.05) is 13.1 Å². The van der Waals surface area contributed by atoms with Crippen molar-refractivity contribution in [2.24, 2.45) is 5.92 Å². The molecule has 1 saturated heterocycles. The molecule has 1 heterocycles. The van der Waals surface area contributed by atoms with Crippen LogP contribution in [0.4, 0.5) is 0 Å². The highest BCUT2D eigenvalue weighted by Gasteiger charge is 2.20. The Morgan fingerprint density at radius 1 is 1.47 bits per heavy atom. The van der Waals surface area contributed by atoms with E-state index < -0.39 is 0 Å². The van der Waals surface area contributed by atoms with Crippen LogP contribution in [0, 0.1) is 5.92 Å².